The molecule has 1 heterocycles. The van der Waals surface area contributed by atoms with Gasteiger partial charge in [-0.3, -0.25) is 0 Å². The van der Waals surface area contributed by atoms with Crippen LogP contribution in [0, 0.1) is 57.7 Å². The van der Waals surface area contributed by atoms with Gasteiger partial charge in [-0.25, -0.2) is 0 Å². The largest absolute Gasteiger partial charge is 0.374 e. The van der Waals surface area contributed by atoms with E-state index in [9.17, 15) is 0 Å². The molecule has 6 fully saturated rings. The fraction of sp³-hybridized carbons (Fsp3) is 0.889. The van der Waals surface area contributed by atoms with E-state index in [4.69, 9.17) is 10.1 Å². The standard InChI is InChI=1S/C27H39NO/c1-3-26-11-9-20-19-8-7-18(28)13-16(19)15-25(2,17-5-6-17)23(20)24(26)21-14-22(21)27(26)10-4-12-29-27/h13,17,19-24,28H,3-12,14-15H2,1-2H3. The molecule has 2 nitrogen and oxygen atoms in total. The van der Waals surface area contributed by atoms with Gasteiger partial charge in [-0.05, 0) is 124 Å². The molecule has 0 aromatic rings. The third kappa shape index (κ3) is 2.02. The zero-order valence-corrected chi connectivity index (χ0v) is 18.5. The van der Waals surface area contributed by atoms with Crippen molar-refractivity contribution in [3.63, 3.8) is 0 Å². The highest BCUT2D eigenvalue weighted by atomic mass is 16.5. The summed E-state index contributed by atoms with van der Waals surface area (Å²) in [5, 5.41) is 8.33. The highest BCUT2D eigenvalue weighted by Crippen LogP contribution is 2.81. The lowest BCUT2D eigenvalue weighted by Crippen LogP contribution is -2.60. The van der Waals surface area contributed by atoms with E-state index in [0.29, 0.717) is 10.8 Å². The zero-order valence-electron chi connectivity index (χ0n) is 18.5. The van der Waals surface area contributed by atoms with E-state index in [1.54, 1.807) is 5.57 Å². The Labute approximate surface area is 176 Å². The van der Waals surface area contributed by atoms with Crippen LogP contribution in [0.4, 0.5) is 0 Å². The molecular weight excluding hydrogens is 354 g/mol. The average molecular weight is 394 g/mol. The first-order chi connectivity index (χ1) is 14.0. The lowest BCUT2D eigenvalue weighted by atomic mass is 9.41. The molecule has 9 unspecified atom stereocenters. The maximum Gasteiger partial charge on any atom is 0.0772 e. The van der Waals surface area contributed by atoms with Crippen molar-refractivity contribution in [1.82, 2.24) is 0 Å². The van der Waals surface area contributed by atoms with Crippen LogP contribution in [0.25, 0.3) is 0 Å². The molecule has 29 heavy (non-hydrogen) atoms. The predicted octanol–water partition coefficient (Wildman–Crippen LogP) is 6.40. The van der Waals surface area contributed by atoms with Gasteiger partial charge in [0.25, 0.3) is 0 Å². The number of fused-ring (bicyclic) bond motifs is 9. The van der Waals surface area contributed by atoms with Gasteiger partial charge >= 0.3 is 0 Å². The van der Waals surface area contributed by atoms with E-state index >= 15 is 0 Å². The second-order valence-corrected chi connectivity index (χ2v) is 12.5. The number of hydrogen-bond acceptors (Lipinski definition) is 2. The van der Waals surface area contributed by atoms with Gasteiger partial charge in [0.15, 0.2) is 0 Å². The fourth-order valence-corrected chi connectivity index (χ4v) is 10.8. The van der Waals surface area contributed by atoms with Crippen molar-refractivity contribution in [3.8, 4) is 0 Å². The Hall–Kier alpha value is -0.630. The Kier molecular flexibility index (Phi) is 3.47. The van der Waals surface area contributed by atoms with Crippen molar-refractivity contribution >= 4 is 5.71 Å². The van der Waals surface area contributed by atoms with Crippen LogP contribution >= 0.6 is 0 Å². The van der Waals surface area contributed by atoms with Crippen molar-refractivity contribution < 1.29 is 4.74 Å². The van der Waals surface area contributed by atoms with Gasteiger partial charge in [0, 0.05) is 17.7 Å². The quantitative estimate of drug-likeness (QED) is 0.578. The molecule has 158 valence electrons. The summed E-state index contributed by atoms with van der Waals surface area (Å²) in [7, 11) is 0. The van der Waals surface area contributed by atoms with E-state index in [0.717, 1.165) is 60.2 Å². The molecule has 0 bridgehead atoms. The molecule has 7 rings (SSSR count). The molecule has 0 aromatic carbocycles. The van der Waals surface area contributed by atoms with E-state index in [-0.39, 0.29) is 5.60 Å². The lowest BCUT2D eigenvalue weighted by Gasteiger charge is -2.64. The summed E-state index contributed by atoms with van der Waals surface area (Å²) in [6.07, 6.45) is 17.3. The molecule has 1 aliphatic heterocycles. The number of rotatable bonds is 2. The second kappa shape index (κ2) is 5.59. The predicted molar refractivity (Wildman–Crippen MR) is 116 cm³/mol. The molecule has 9 atom stereocenters. The van der Waals surface area contributed by atoms with E-state index in [1.807, 2.05) is 0 Å². The van der Waals surface area contributed by atoms with Crippen molar-refractivity contribution in [3.05, 3.63) is 11.6 Å². The molecule has 7 aliphatic rings. The Morgan fingerprint density at radius 1 is 1.10 bits per heavy atom. The molecule has 5 saturated carbocycles. The summed E-state index contributed by atoms with van der Waals surface area (Å²) < 4.78 is 6.82. The summed E-state index contributed by atoms with van der Waals surface area (Å²) in [6, 6.07) is 0. The van der Waals surface area contributed by atoms with Crippen LogP contribution in [0.5, 0.6) is 0 Å². The van der Waals surface area contributed by atoms with Gasteiger partial charge in [-0.15, -0.1) is 0 Å². The zero-order chi connectivity index (χ0) is 19.6. The van der Waals surface area contributed by atoms with Crippen LogP contribution in [0.3, 0.4) is 0 Å². The van der Waals surface area contributed by atoms with Gasteiger partial charge in [0.1, 0.15) is 0 Å². The SMILES string of the molecule is CCC12CCC3C4CCC(=N)C=C4CC(C)(C4CC4)C3C1C1CC1C21CCCO1. The fourth-order valence-electron chi connectivity index (χ4n) is 10.8. The van der Waals surface area contributed by atoms with Gasteiger partial charge in [0.05, 0.1) is 5.60 Å². The molecule has 0 radical (unpaired) electrons. The Bertz CT molecular complexity index is 788. The summed E-state index contributed by atoms with van der Waals surface area (Å²) in [4.78, 5) is 0. The van der Waals surface area contributed by atoms with Crippen LogP contribution in [0.1, 0.15) is 84.5 Å². The lowest BCUT2D eigenvalue weighted by molar-refractivity contribution is -0.180. The van der Waals surface area contributed by atoms with E-state index in [2.05, 4.69) is 19.9 Å². The Morgan fingerprint density at radius 3 is 2.69 bits per heavy atom. The van der Waals surface area contributed by atoms with Crippen molar-refractivity contribution in [2.45, 2.75) is 90.1 Å². The maximum absolute atomic E-state index is 8.33. The third-order valence-electron chi connectivity index (χ3n) is 11.8. The summed E-state index contributed by atoms with van der Waals surface area (Å²) in [6.45, 7) is 6.26. The molecule has 1 saturated heterocycles. The minimum Gasteiger partial charge on any atom is -0.374 e. The monoisotopic (exact) mass is 393 g/mol. The highest BCUT2D eigenvalue weighted by Gasteiger charge is 2.79. The van der Waals surface area contributed by atoms with Gasteiger partial charge < -0.3 is 10.1 Å². The van der Waals surface area contributed by atoms with E-state index in [1.165, 1.54) is 64.2 Å². The van der Waals surface area contributed by atoms with Crippen molar-refractivity contribution in [2.75, 3.05) is 6.61 Å². The summed E-state index contributed by atoms with van der Waals surface area (Å²) >= 11 is 0. The first-order valence-corrected chi connectivity index (χ1v) is 13.0. The minimum atomic E-state index is 0.261. The van der Waals surface area contributed by atoms with Gasteiger partial charge in [-0.1, -0.05) is 19.4 Å². The number of hydrogen-bond donors (Lipinski definition) is 1. The van der Waals surface area contributed by atoms with Crippen LogP contribution in [0.15, 0.2) is 11.6 Å². The molecular formula is C27H39NO. The Morgan fingerprint density at radius 2 is 1.97 bits per heavy atom. The molecule has 6 aliphatic carbocycles. The first kappa shape index (κ1) is 18.0. The highest BCUT2D eigenvalue weighted by molar-refractivity contribution is 5.93. The number of allylic oxidation sites excluding steroid dienone is 2. The van der Waals surface area contributed by atoms with Crippen LogP contribution in [0.2, 0.25) is 0 Å². The second-order valence-electron chi connectivity index (χ2n) is 12.5. The molecule has 1 spiro atoms. The average Bonchev–Trinajstić information content (AvgIpc) is 3.65. The topological polar surface area (TPSA) is 33.1 Å². The summed E-state index contributed by atoms with van der Waals surface area (Å²) in [5.41, 5.74) is 3.84. The van der Waals surface area contributed by atoms with Crippen molar-refractivity contribution in [2.24, 2.45) is 52.3 Å². The first-order valence-electron chi connectivity index (χ1n) is 13.0. The maximum atomic E-state index is 8.33. The normalized spacial score (nSPS) is 57.7. The number of nitrogens with one attached hydrogen (secondary N) is 1. The van der Waals surface area contributed by atoms with Gasteiger partial charge in [-0.2, -0.15) is 0 Å². The molecule has 1 N–H and O–H groups in total. The van der Waals surface area contributed by atoms with Crippen LogP contribution in [-0.2, 0) is 4.74 Å². The molecule has 0 aromatic heterocycles. The number of ether oxygens (including phenoxy) is 1. The third-order valence-corrected chi connectivity index (χ3v) is 11.8. The van der Waals surface area contributed by atoms with Crippen LogP contribution in [-0.4, -0.2) is 17.9 Å². The summed E-state index contributed by atoms with van der Waals surface area (Å²) in [5.74, 6) is 6.39. The molecule has 2 heteroatoms. The van der Waals surface area contributed by atoms with E-state index < -0.39 is 0 Å². The van der Waals surface area contributed by atoms with Gasteiger partial charge in [0.2, 0.25) is 0 Å². The smallest absolute Gasteiger partial charge is 0.0772 e. The Balaban J connectivity index is 1.37. The minimum absolute atomic E-state index is 0.261. The van der Waals surface area contributed by atoms with Crippen LogP contribution < -0.4 is 0 Å². The molecule has 0 amide bonds. The van der Waals surface area contributed by atoms with Crippen molar-refractivity contribution in [1.29, 1.82) is 5.41 Å².